The quantitative estimate of drug-likeness (QED) is 0.213. The van der Waals surface area contributed by atoms with Crippen LogP contribution in [0, 0.1) is 0 Å². The Morgan fingerprint density at radius 1 is 0.817 bits per heavy atom. The van der Waals surface area contributed by atoms with Crippen LogP contribution in [0.4, 0.5) is 16.4 Å². The second kappa shape index (κ2) is 17.9. The molecule has 0 unspecified atom stereocenters. The van der Waals surface area contributed by atoms with Crippen molar-refractivity contribution in [3.8, 4) is 11.5 Å². The van der Waals surface area contributed by atoms with E-state index >= 15 is 0 Å². The van der Waals surface area contributed by atoms with E-state index in [9.17, 15) is 4.79 Å². The van der Waals surface area contributed by atoms with Gasteiger partial charge in [0.2, 0.25) is 11.3 Å². The fourth-order valence-corrected chi connectivity index (χ4v) is 7.59. The first-order valence-corrected chi connectivity index (χ1v) is 21.1. The van der Waals surface area contributed by atoms with Gasteiger partial charge >= 0.3 is 6.09 Å². The van der Waals surface area contributed by atoms with Crippen LogP contribution in [0.25, 0.3) is 22.6 Å². The summed E-state index contributed by atoms with van der Waals surface area (Å²) in [6, 6.07) is 12.7. The number of benzene rings is 2. The summed E-state index contributed by atoms with van der Waals surface area (Å²) in [5.41, 5.74) is 12.7. The number of ether oxygens (including phenoxy) is 3. The van der Waals surface area contributed by atoms with Gasteiger partial charge in [-0.1, -0.05) is 34.7 Å². The van der Waals surface area contributed by atoms with E-state index in [0.29, 0.717) is 42.2 Å². The third-order valence-corrected chi connectivity index (χ3v) is 10.4. The van der Waals surface area contributed by atoms with Crippen molar-refractivity contribution in [3.63, 3.8) is 0 Å². The van der Waals surface area contributed by atoms with Crippen LogP contribution in [0.5, 0.6) is 11.5 Å². The first-order chi connectivity index (χ1) is 29.0. The van der Waals surface area contributed by atoms with Crippen molar-refractivity contribution >= 4 is 63.5 Å². The molecule has 18 nitrogen and oxygen atoms in total. The average molecular weight is 860 g/mol. The molecule has 0 spiro atoms. The minimum Gasteiger partial charge on any atom is -0.493 e. The summed E-state index contributed by atoms with van der Waals surface area (Å²) in [5, 5.41) is 19.9. The summed E-state index contributed by atoms with van der Waals surface area (Å²) < 4.78 is 20.1. The number of aromatic nitrogens is 10. The van der Waals surface area contributed by atoms with Crippen molar-refractivity contribution in [3.05, 3.63) is 71.0 Å². The van der Waals surface area contributed by atoms with Gasteiger partial charge in [0, 0.05) is 45.1 Å². The molecular formula is C40H48Cl2N14O4. The third-order valence-electron chi connectivity index (χ3n) is 10.4. The van der Waals surface area contributed by atoms with Gasteiger partial charge in [-0.05, 0) is 68.0 Å². The zero-order valence-corrected chi connectivity index (χ0v) is 35.3. The van der Waals surface area contributed by atoms with E-state index in [1.165, 1.54) is 11.1 Å². The highest BCUT2D eigenvalue weighted by Crippen LogP contribution is 2.28. The molecule has 60 heavy (non-hydrogen) atoms. The molecule has 3 N–H and O–H groups in total. The lowest BCUT2D eigenvalue weighted by Crippen LogP contribution is -2.40. The molecule has 2 saturated heterocycles. The van der Waals surface area contributed by atoms with Gasteiger partial charge in [0.05, 0.1) is 50.1 Å². The molecular weight excluding hydrogens is 811 g/mol. The van der Waals surface area contributed by atoms with Crippen LogP contribution in [-0.2, 0) is 30.7 Å². The number of hydrogen-bond donors (Lipinski definition) is 2. The van der Waals surface area contributed by atoms with Crippen LogP contribution in [-0.4, -0.2) is 118 Å². The topological polar surface area (TPSA) is 202 Å². The second-order valence-electron chi connectivity index (χ2n) is 16.0. The van der Waals surface area contributed by atoms with Crippen molar-refractivity contribution in [2.45, 2.75) is 77.2 Å². The zero-order valence-electron chi connectivity index (χ0n) is 33.8. The van der Waals surface area contributed by atoms with E-state index < -0.39 is 11.7 Å². The Kier molecular flexibility index (Phi) is 12.3. The molecule has 1 amide bonds. The number of fused-ring (bicyclic) bond motifs is 4. The molecule has 20 heteroatoms. The minimum atomic E-state index is -0.518. The van der Waals surface area contributed by atoms with Gasteiger partial charge < -0.3 is 35.1 Å². The van der Waals surface area contributed by atoms with Crippen molar-refractivity contribution in [1.29, 1.82) is 0 Å². The first kappa shape index (κ1) is 41.2. The highest BCUT2D eigenvalue weighted by molar-refractivity contribution is 6.40. The van der Waals surface area contributed by atoms with Crippen LogP contribution in [0.2, 0.25) is 0 Å². The van der Waals surface area contributed by atoms with Crippen molar-refractivity contribution in [1.82, 2.24) is 55.2 Å². The first-order valence-electron chi connectivity index (χ1n) is 20.0. The molecule has 2 atom stereocenters. The zero-order chi connectivity index (χ0) is 41.8. The van der Waals surface area contributed by atoms with E-state index in [-0.39, 0.29) is 17.4 Å². The Bertz CT molecular complexity index is 2460. The number of alkyl halides is 2. The van der Waals surface area contributed by atoms with E-state index in [2.05, 4.69) is 63.9 Å². The summed E-state index contributed by atoms with van der Waals surface area (Å²) in [6.07, 6.45) is 6.75. The molecule has 10 rings (SSSR count). The molecule has 0 radical (unpaired) electrons. The molecule has 0 aliphatic carbocycles. The maximum absolute atomic E-state index is 12.1. The monoisotopic (exact) mass is 858 g/mol. The van der Waals surface area contributed by atoms with Crippen LogP contribution in [0.15, 0.2) is 48.8 Å². The number of carbonyl (C=O) groups excluding carboxylic acids is 1. The highest BCUT2D eigenvalue weighted by atomic mass is 35.5. The van der Waals surface area contributed by atoms with Gasteiger partial charge in [-0.15, -0.1) is 33.4 Å². The van der Waals surface area contributed by atoms with Crippen molar-refractivity contribution < 1.29 is 19.0 Å². The number of hydrogen-bond acceptors (Lipinski definition) is 15. The summed E-state index contributed by atoms with van der Waals surface area (Å²) >= 11 is 9.53. The number of nitrogens with one attached hydrogen (secondary N) is 1. The molecule has 0 saturated carbocycles. The second-order valence-corrected chi connectivity index (χ2v) is 16.8. The van der Waals surface area contributed by atoms with Gasteiger partial charge in [-0.25, -0.2) is 34.1 Å². The van der Waals surface area contributed by atoms with Crippen molar-refractivity contribution in [2.24, 2.45) is 5.73 Å². The Hall–Kier alpha value is -5.59. The molecule has 6 aromatic rings. The molecule has 316 valence electrons. The predicted molar refractivity (Wildman–Crippen MR) is 227 cm³/mol. The Balaban J connectivity index is 0.000000160. The molecule has 2 aromatic carbocycles. The number of anilines is 2. The number of rotatable bonds is 7. The number of amides is 1. The maximum Gasteiger partial charge on any atom is 0.407 e. The van der Waals surface area contributed by atoms with E-state index in [0.717, 1.165) is 92.8 Å². The SMILES string of the molecule is CC(C)(C)OC(=O)N[C@@H]1CCN(c2cnc3nnn(Cc4ccc5c(c4)CCO5)c3n2)C1.ClCCl.N[C@@H]1CCN(c2cnc3nnn(Cc4ccc5c(c4)CCO5)c3n2)C1. The van der Waals surface area contributed by atoms with Gasteiger partial charge in [0.15, 0.2) is 11.3 Å². The van der Waals surface area contributed by atoms with Gasteiger partial charge in [-0.3, -0.25) is 0 Å². The predicted octanol–water partition coefficient (Wildman–Crippen LogP) is 4.47. The van der Waals surface area contributed by atoms with Crippen molar-refractivity contribution in [2.75, 3.05) is 54.5 Å². The molecule has 0 bridgehead atoms. The fourth-order valence-electron chi connectivity index (χ4n) is 7.59. The summed E-state index contributed by atoms with van der Waals surface area (Å²) in [6.45, 7) is 11.4. The smallest absolute Gasteiger partial charge is 0.407 e. The maximum atomic E-state index is 12.1. The highest BCUT2D eigenvalue weighted by Gasteiger charge is 2.28. The third kappa shape index (κ3) is 9.71. The number of alkyl carbamates (subject to hydrolysis) is 1. The molecule has 4 aliphatic heterocycles. The van der Waals surface area contributed by atoms with Crippen LogP contribution in [0.1, 0.15) is 55.9 Å². The number of halogens is 2. The summed E-state index contributed by atoms with van der Waals surface area (Å²) in [5.74, 6) is 3.53. The molecule has 2 fully saturated rings. The lowest BCUT2D eigenvalue weighted by atomic mass is 10.1. The molecule has 8 heterocycles. The van der Waals surface area contributed by atoms with E-state index in [4.69, 9.17) is 53.1 Å². The number of carbonyl (C=O) groups is 1. The van der Waals surface area contributed by atoms with Gasteiger partial charge in [0.1, 0.15) is 28.7 Å². The average Bonchev–Trinajstić information content (AvgIpc) is 4.08. The lowest BCUT2D eigenvalue weighted by molar-refractivity contribution is 0.0509. The fraction of sp³-hybridized carbons (Fsp3) is 0.475. The van der Waals surface area contributed by atoms with Gasteiger partial charge in [-0.2, -0.15) is 0 Å². The molecule has 4 aromatic heterocycles. The number of nitrogens with two attached hydrogens (primary N) is 1. The van der Waals surface area contributed by atoms with Crippen LogP contribution in [0.3, 0.4) is 0 Å². The minimum absolute atomic E-state index is 0.000912. The summed E-state index contributed by atoms with van der Waals surface area (Å²) in [4.78, 5) is 34.8. The Labute approximate surface area is 356 Å². The van der Waals surface area contributed by atoms with Crippen LogP contribution >= 0.6 is 23.2 Å². The largest absolute Gasteiger partial charge is 0.493 e. The van der Waals surface area contributed by atoms with E-state index in [1.807, 2.05) is 39.0 Å². The summed E-state index contributed by atoms with van der Waals surface area (Å²) in [7, 11) is 0. The molecule has 4 aliphatic rings. The standard InChI is InChI=1S/C22H27N7O3.C17H19N7O.CH2Cl2/c1-22(2,3)32-21(30)24-16-6-8-28(13-16)18-11-23-19-20(25-18)29(27-26-19)12-14-4-5-17-15(10-14)7-9-31-17;18-13-3-5-23(10-13)15-8-19-16-17(20-15)24(22-21-16)9-11-1-2-14-12(7-11)4-6-25-14;2-1-3/h4-5,10-11,16H,6-9,12-13H2,1-3H3,(H,24,30);1-2,7-8,13H,3-6,9-10,18H2;1H2/t16-;13-;/m11./s1. The van der Waals surface area contributed by atoms with Gasteiger partial charge in [0.25, 0.3) is 0 Å². The normalized spacial score (nSPS) is 18.0. The van der Waals surface area contributed by atoms with Crippen LogP contribution < -0.4 is 30.3 Å². The number of nitrogens with zero attached hydrogens (tertiary/aromatic N) is 12. The Morgan fingerprint density at radius 2 is 1.33 bits per heavy atom. The lowest BCUT2D eigenvalue weighted by Gasteiger charge is -2.22. The Morgan fingerprint density at radius 3 is 1.83 bits per heavy atom. The van der Waals surface area contributed by atoms with E-state index in [1.54, 1.807) is 21.8 Å².